The molecule has 0 spiro atoms. The minimum Gasteiger partial charge on any atom is -0.496 e. The lowest BCUT2D eigenvalue weighted by atomic mass is 10.0. The fraction of sp³-hybridized carbons (Fsp3) is 0.444. The zero-order chi connectivity index (χ0) is 14.7. The number of fused-ring (bicyclic) bond motifs is 1. The highest BCUT2D eigenvalue weighted by Gasteiger charge is 2.22. The third kappa shape index (κ3) is 3.20. The third-order valence-electron chi connectivity index (χ3n) is 4.46. The fourth-order valence-corrected chi connectivity index (χ4v) is 3.31. The van der Waals surface area contributed by atoms with E-state index in [1.54, 1.807) is 7.11 Å². The molecule has 0 bridgehead atoms. The lowest BCUT2D eigenvalue weighted by Crippen LogP contribution is -2.21. The van der Waals surface area contributed by atoms with Gasteiger partial charge in [0, 0.05) is 11.9 Å². The highest BCUT2D eigenvalue weighted by molar-refractivity contribution is 5.91. The number of hydrogen-bond acceptors (Lipinski definition) is 3. The van der Waals surface area contributed by atoms with Gasteiger partial charge in [0.05, 0.1) is 13.2 Å². The molecule has 0 radical (unpaired) electrons. The van der Waals surface area contributed by atoms with Crippen molar-refractivity contribution in [1.29, 1.82) is 0 Å². The Hall–Kier alpha value is -1.58. The predicted molar refractivity (Wildman–Crippen MR) is 85.6 cm³/mol. The lowest BCUT2D eigenvalue weighted by Gasteiger charge is -2.13. The van der Waals surface area contributed by atoms with Crippen LogP contribution >= 0.6 is 0 Å². The Labute approximate surface area is 125 Å². The topological polar surface area (TPSA) is 41.5 Å². The van der Waals surface area contributed by atoms with Gasteiger partial charge in [-0.05, 0) is 48.7 Å². The maximum Gasteiger partial charge on any atom is 0.126 e. The van der Waals surface area contributed by atoms with Gasteiger partial charge in [0.1, 0.15) is 5.75 Å². The lowest BCUT2D eigenvalue weighted by molar-refractivity contribution is 0.177. The first-order chi connectivity index (χ1) is 10.3. The van der Waals surface area contributed by atoms with E-state index in [2.05, 4.69) is 29.6 Å². The van der Waals surface area contributed by atoms with E-state index in [0.29, 0.717) is 5.92 Å². The molecular formula is C18H23NO2. The highest BCUT2D eigenvalue weighted by Crippen LogP contribution is 2.28. The number of methoxy groups -OCH3 is 1. The van der Waals surface area contributed by atoms with Gasteiger partial charge in [-0.1, -0.05) is 30.3 Å². The van der Waals surface area contributed by atoms with Gasteiger partial charge in [0.25, 0.3) is 0 Å². The second-order valence-electron chi connectivity index (χ2n) is 5.94. The number of hydrogen-bond donors (Lipinski definition) is 2. The number of aliphatic hydroxyl groups is 1. The molecule has 1 aliphatic carbocycles. The van der Waals surface area contributed by atoms with Crippen molar-refractivity contribution in [1.82, 2.24) is 5.32 Å². The standard InChI is InChI=1S/C18H23NO2/c1-21-18-9-7-14(16-4-2-3-5-17(16)18)12-19-11-13-6-8-15(20)10-13/h2-5,7,9,13,15,19-20H,6,8,10-12H2,1H3. The van der Waals surface area contributed by atoms with Crippen LogP contribution in [0.2, 0.25) is 0 Å². The van der Waals surface area contributed by atoms with Crippen LogP contribution in [0.4, 0.5) is 0 Å². The van der Waals surface area contributed by atoms with E-state index in [-0.39, 0.29) is 6.10 Å². The Balaban J connectivity index is 1.69. The van der Waals surface area contributed by atoms with Crippen molar-refractivity contribution in [2.45, 2.75) is 31.9 Å². The molecule has 2 unspecified atom stereocenters. The van der Waals surface area contributed by atoms with Gasteiger partial charge in [-0.25, -0.2) is 0 Å². The van der Waals surface area contributed by atoms with Gasteiger partial charge in [-0.3, -0.25) is 0 Å². The number of rotatable bonds is 5. The van der Waals surface area contributed by atoms with Crippen LogP contribution in [0.3, 0.4) is 0 Å². The summed E-state index contributed by atoms with van der Waals surface area (Å²) in [4.78, 5) is 0. The van der Waals surface area contributed by atoms with Gasteiger partial charge in [-0.2, -0.15) is 0 Å². The molecule has 3 heteroatoms. The number of aliphatic hydroxyl groups excluding tert-OH is 1. The summed E-state index contributed by atoms with van der Waals surface area (Å²) in [5, 5.41) is 15.5. The average molecular weight is 285 g/mol. The average Bonchev–Trinajstić information content (AvgIpc) is 2.93. The van der Waals surface area contributed by atoms with Crippen LogP contribution in [0.15, 0.2) is 36.4 Å². The van der Waals surface area contributed by atoms with Gasteiger partial charge in [0.2, 0.25) is 0 Å². The van der Waals surface area contributed by atoms with Gasteiger partial charge in [0.15, 0.2) is 0 Å². The zero-order valence-electron chi connectivity index (χ0n) is 12.5. The SMILES string of the molecule is COc1ccc(CNCC2CCC(O)C2)c2ccccc12. The summed E-state index contributed by atoms with van der Waals surface area (Å²) in [6.45, 7) is 1.84. The molecule has 1 aliphatic rings. The number of ether oxygens (including phenoxy) is 1. The van der Waals surface area contributed by atoms with Gasteiger partial charge < -0.3 is 15.2 Å². The van der Waals surface area contributed by atoms with Gasteiger partial charge in [-0.15, -0.1) is 0 Å². The first-order valence-corrected chi connectivity index (χ1v) is 7.71. The van der Waals surface area contributed by atoms with Crippen LogP contribution in [0, 0.1) is 5.92 Å². The molecule has 0 aromatic heterocycles. The largest absolute Gasteiger partial charge is 0.496 e. The van der Waals surface area contributed by atoms with Crippen molar-refractivity contribution >= 4 is 10.8 Å². The van der Waals surface area contributed by atoms with Crippen LogP contribution in [0.1, 0.15) is 24.8 Å². The first kappa shape index (κ1) is 14.4. The Morgan fingerprint density at radius 2 is 1.95 bits per heavy atom. The minimum absolute atomic E-state index is 0.0846. The molecule has 112 valence electrons. The van der Waals surface area contributed by atoms with E-state index >= 15 is 0 Å². The molecule has 3 rings (SSSR count). The normalized spacial score (nSPS) is 21.8. The molecule has 2 N–H and O–H groups in total. The zero-order valence-corrected chi connectivity index (χ0v) is 12.5. The van der Waals surface area contributed by atoms with Gasteiger partial charge >= 0.3 is 0 Å². The number of benzene rings is 2. The molecule has 0 aliphatic heterocycles. The summed E-state index contributed by atoms with van der Waals surface area (Å²) in [5.74, 6) is 1.54. The summed E-state index contributed by atoms with van der Waals surface area (Å²) in [6, 6.07) is 12.5. The van der Waals surface area contributed by atoms with Crippen molar-refractivity contribution in [3.05, 3.63) is 42.0 Å². The van der Waals surface area contributed by atoms with Crippen molar-refractivity contribution in [3.63, 3.8) is 0 Å². The molecule has 0 saturated heterocycles. The van der Waals surface area contributed by atoms with E-state index < -0.39 is 0 Å². The number of nitrogens with one attached hydrogen (secondary N) is 1. The predicted octanol–water partition coefficient (Wildman–Crippen LogP) is 3.10. The van der Waals surface area contributed by atoms with E-state index in [1.165, 1.54) is 10.9 Å². The van der Waals surface area contributed by atoms with Crippen molar-refractivity contribution < 1.29 is 9.84 Å². The highest BCUT2D eigenvalue weighted by atomic mass is 16.5. The van der Waals surface area contributed by atoms with Crippen LogP contribution in [0.25, 0.3) is 10.8 Å². The third-order valence-corrected chi connectivity index (χ3v) is 4.46. The maximum atomic E-state index is 9.57. The molecule has 21 heavy (non-hydrogen) atoms. The van der Waals surface area contributed by atoms with Crippen LogP contribution in [-0.4, -0.2) is 24.9 Å². The summed E-state index contributed by atoms with van der Waals surface area (Å²) < 4.78 is 5.43. The van der Waals surface area contributed by atoms with E-state index in [4.69, 9.17) is 4.74 Å². The molecule has 2 atom stereocenters. The Morgan fingerprint density at radius 3 is 2.67 bits per heavy atom. The summed E-state index contributed by atoms with van der Waals surface area (Å²) in [5.41, 5.74) is 1.30. The molecule has 2 aromatic rings. The van der Waals surface area contributed by atoms with E-state index in [0.717, 1.165) is 43.5 Å². The molecule has 3 nitrogen and oxygen atoms in total. The second-order valence-corrected chi connectivity index (χ2v) is 5.94. The molecule has 0 amide bonds. The summed E-state index contributed by atoms with van der Waals surface area (Å²) >= 11 is 0. The monoisotopic (exact) mass is 285 g/mol. The molecule has 2 aromatic carbocycles. The van der Waals surface area contributed by atoms with Crippen LogP contribution < -0.4 is 10.1 Å². The van der Waals surface area contributed by atoms with Crippen LogP contribution in [0.5, 0.6) is 5.75 Å². The van der Waals surface area contributed by atoms with E-state index in [1.807, 2.05) is 12.1 Å². The quantitative estimate of drug-likeness (QED) is 0.887. The molecular weight excluding hydrogens is 262 g/mol. The van der Waals surface area contributed by atoms with Crippen molar-refractivity contribution in [2.75, 3.05) is 13.7 Å². The van der Waals surface area contributed by atoms with Crippen molar-refractivity contribution in [3.8, 4) is 5.75 Å². The molecule has 1 saturated carbocycles. The second kappa shape index (κ2) is 6.46. The first-order valence-electron chi connectivity index (χ1n) is 7.71. The van der Waals surface area contributed by atoms with Crippen molar-refractivity contribution in [2.24, 2.45) is 5.92 Å². The smallest absolute Gasteiger partial charge is 0.126 e. The van der Waals surface area contributed by atoms with Crippen LogP contribution in [-0.2, 0) is 6.54 Å². The Morgan fingerprint density at radius 1 is 1.14 bits per heavy atom. The van der Waals surface area contributed by atoms with E-state index in [9.17, 15) is 5.11 Å². The molecule has 1 fully saturated rings. The summed E-state index contributed by atoms with van der Waals surface area (Å²) in [7, 11) is 1.71. The minimum atomic E-state index is -0.0846. The fourth-order valence-electron chi connectivity index (χ4n) is 3.31. The Kier molecular flexibility index (Phi) is 4.42. The summed E-state index contributed by atoms with van der Waals surface area (Å²) in [6.07, 6.45) is 2.95. The Bertz CT molecular complexity index is 611. The maximum absolute atomic E-state index is 9.57. The molecule has 0 heterocycles.